The molecule has 1 aromatic rings. The van der Waals surface area contributed by atoms with Crippen LogP contribution in [-0.2, 0) is 9.05 Å². The molecule has 0 aromatic heterocycles. The van der Waals surface area contributed by atoms with E-state index in [1.165, 1.54) is 0 Å². The SMILES string of the molecule is COc1ccc([N+](=O)[O-])c(OC(F)F)c1S(=O)(=O)Cl. The second kappa shape index (κ2) is 5.53. The van der Waals surface area contributed by atoms with Crippen LogP contribution >= 0.6 is 10.7 Å². The van der Waals surface area contributed by atoms with Crippen molar-refractivity contribution < 1.29 is 31.6 Å². The van der Waals surface area contributed by atoms with Gasteiger partial charge in [-0.3, -0.25) is 10.1 Å². The summed E-state index contributed by atoms with van der Waals surface area (Å²) in [4.78, 5) is 8.58. The van der Waals surface area contributed by atoms with Gasteiger partial charge in [0.1, 0.15) is 5.75 Å². The molecule has 0 heterocycles. The molecular weight excluding hydrogens is 312 g/mol. The van der Waals surface area contributed by atoms with Crippen molar-refractivity contribution >= 4 is 25.4 Å². The Morgan fingerprint density at radius 1 is 1.42 bits per heavy atom. The van der Waals surface area contributed by atoms with Crippen molar-refractivity contribution in [3.63, 3.8) is 0 Å². The Kier molecular flexibility index (Phi) is 4.48. The second-order valence-electron chi connectivity index (χ2n) is 3.02. The Morgan fingerprint density at radius 3 is 2.37 bits per heavy atom. The summed E-state index contributed by atoms with van der Waals surface area (Å²) in [5.74, 6) is -1.62. The highest BCUT2D eigenvalue weighted by Gasteiger charge is 2.32. The molecule has 0 spiro atoms. The highest BCUT2D eigenvalue weighted by molar-refractivity contribution is 8.14. The van der Waals surface area contributed by atoms with E-state index in [9.17, 15) is 27.3 Å². The number of alkyl halides is 2. The summed E-state index contributed by atoms with van der Waals surface area (Å²) in [5.41, 5.74) is -0.972. The molecule has 0 N–H and O–H groups in total. The highest BCUT2D eigenvalue weighted by Crippen LogP contribution is 2.42. The van der Waals surface area contributed by atoms with Gasteiger partial charge >= 0.3 is 12.3 Å². The summed E-state index contributed by atoms with van der Waals surface area (Å²) >= 11 is 0. The molecule has 0 saturated carbocycles. The van der Waals surface area contributed by atoms with Gasteiger partial charge in [0.15, 0.2) is 4.90 Å². The first-order valence-electron chi connectivity index (χ1n) is 4.43. The zero-order valence-corrected chi connectivity index (χ0v) is 10.7. The van der Waals surface area contributed by atoms with E-state index in [0.29, 0.717) is 0 Å². The Labute approximate surface area is 110 Å². The molecule has 7 nitrogen and oxygen atoms in total. The van der Waals surface area contributed by atoms with Crippen LogP contribution in [0.25, 0.3) is 0 Å². The highest BCUT2D eigenvalue weighted by atomic mass is 35.7. The van der Waals surface area contributed by atoms with Crippen molar-refractivity contribution in [1.29, 1.82) is 0 Å². The predicted octanol–water partition coefficient (Wildman–Crippen LogP) is 2.13. The number of methoxy groups -OCH3 is 1. The van der Waals surface area contributed by atoms with Gasteiger partial charge in [-0.05, 0) is 6.07 Å². The first kappa shape index (κ1) is 15.4. The molecule has 11 heteroatoms. The lowest BCUT2D eigenvalue weighted by atomic mass is 10.3. The standard InChI is InChI=1S/C8H6ClF2NO6S/c1-17-5-3-2-4(12(13)14)6(18-8(10)11)7(5)19(9,15)16/h2-3,8H,1H3. The third kappa shape index (κ3) is 3.41. The van der Waals surface area contributed by atoms with Crippen LogP contribution in [-0.4, -0.2) is 27.1 Å². The molecule has 0 saturated heterocycles. The number of hydrogen-bond acceptors (Lipinski definition) is 6. The van der Waals surface area contributed by atoms with Gasteiger partial charge in [-0.2, -0.15) is 8.78 Å². The third-order valence-corrected chi connectivity index (χ3v) is 3.26. The van der Waals surface area contributed by atoms with Crippen molar-refractivity contribution in [3.05, 3.63) is 22.2 Å². The number of benzene rings is 1. The lowest BCUT2D eigenvalue weighted by Gasteiger charge is -2.12. The number of rotatable bonds is 5. The minimum absolute atomic E-state index is 0.448. The molecule has 0 aliphatic rings. The van der Waals surface area contributed by atoms with E-state index in [-0.39, 0.29) is 0 Å². The first-order chi connectivity index (χ1) is 8.68. The van der Waals surface area contributed by atoms with Gasteiger partial charge in [-0.1, -0.05) is 0 Å². The average Bonchev–Trinajstić information content (AvgIpc) is 2.25. The van der Waals surface area contributed by atoms with Crippen LogP contribution in [0, 0.1) is 10.1 Å². The minimum Gasteiger partial charge on any atom is -0.495 e. The number of nitrogens with zero attached hydrogens (tertiary/aromatic N) is 1. The van der Waals surface area contributed by atoms with Crippen molar-refractivity contribution in [2.75, 3.05) is 7.11 Å². The van der Waals surface area contributed by atoms with Crippen LogP contribution < -0.4 is 9.47 Å². The molecule has 0 aliphatic carbocycles. The normalized spacial score (nSPS) is 11.4. The fourth-order valence-corrected chi connectivity index (χ4v) is 2.48. The Bertz CT molecular complexity index is 606. The van der Waals surface area contributed by atoms with Gasteiger partial charge in [0.05, 0.1) is 12.0 Å². The Morgan fingerprint density at radius 2 is 2.00 bits per heavy atom. The maximum Gasteiger partial charge on any atom is 0.387 e. The average molecular weight is 318 g/mol. The lowest BCUT2D eigenvalue weighted by Crippen LogP contribution is -2.09. The third-order valence-electron chi connectivity index (χ3n) is 1.92. The number of nitro groups is 1. The van der Waals surface area contributed by atoms with E-state index in [0.717, 1.165) is 19.2 Å². The maximum absolute atomic E-state index is 12.2. The summed E-state index contributed by atoms with van der Waals surface area (Å²) < 4.78 is 55.6. The molecule has 0 unspecified atom stereocenters. The van der Waals surface area contributed by atoms with Crippen LogP contribution in [0.2, 0.25) is 0 Å². The summed E-state index contributed by atoms with van der Waals surface area (Å²) in [6.45, 7) is -3.47. The largest absolute Gasteiger partial charge is 0.495 e. The van der Waals surface area contributed by atoms with Crippen molar-refractivity contribution in [3.8, 4) is 11.5 Å². The van der Waals surface area contributed by atoms with Crippen LogP contribution in [0.4, 0.5) is 14.5 Å². The molecule has 19 heavy (non-hydrogen) atoms. The van der Waals surface area contributed by atoms with Gasteiger partial charge in [0.2, 0.25) is 5.75 Å². The van der Waals surface area contributed by atoms with Crippen molar-refractivity contribution in [1.82, 2.24) is 0 Å². The van der Waals surface area contributed by atoms with E-state index in [1.807, 2.05) is 0 Å². The van der Waals surface area contributed by atoms with E-state index in [2.05, 4.69) is 9.47 Å². The minimum atomic E-state index is -4.59. The topological polar surface area (TPSA) is 95.7 Å². The monoisotopic (exact) mass is 317 g/mol. The molecule has 106 valence electrons. The molecular formula is C8H6ClF2NO6S. The fourth-order valence-electron chi connectivity index (χ4n) is 1.27. The zero-order valence-electron chi connectivity index (χ0n) is 9.17. The van der Waals surface area contributed by atoms with Crippen molar-refractivity contribution in [2.24, 2.45) is 0 Å². The number of ether oxygens (including phenoxy) is 2. The number of hydrogen-bond donors (Lipinski definition) is 0. The molecule has 0 amide bonds. The van der Waals surface area contributed by atoms with E-state index in [1.54, 1.807) is 0 Å². The van der Waals surface area contributed by atoms with E-state index >= 15 is 0 Å². The van der Waals surface area contributed by atoms with Crippen LogP contribution in [0.5, 0.6) is 11.5 Å². The molecule has 0 atom stereocenters. The fraction of sp³-hybridized carbons (Fsp3) is 0.250. The first-order valence-corrected chi connectivity index (χ1v) is 6.74. The van der Waals surface area contributed by atoms with Gasteiger partial charge < -0.3 is 9.47 Å². The summed E-state index contributed by atoms with van der Waals surface area (Å²) in [6.07, 6.45) is 0. The van der Waals surface area contributed by atoms with E-state index in [4.69, 9.17) is 10.7 Å². The van der Waals surface area contributed by atoms with Crippen LogP contribution in [0.15, 0.2) is 17.0 Å². The van der Waals surface area contributed by atoms with E-state index < -0.39 is 42.7 Å². The van der Waals surface area contributed by atoms with Crippen LogP contribution in [0.3, 0.4) is 0 Å². The quantitative estimate of drug-likeness (QED) is 0.469. The molecule has 0 bridgehead atoms. The maximum atomic E-state index is 12.2. The second-order valence-corrected chi connectivity index (χ2v) is 5.52. The Balaban J connectivity index is 3.71. The van der Waals surface area contributed by atoms with Gasteiger partial charge in [-0.15, -0.1) is 0 Å². The smallest absolute Gasteiger partial charge is 0.387 e. The lowest BCUT2D eigenvalue weighted by molar-refractivity contribution is -0.386. The number of halogens is 3. The molecule has 1 rings (SSSR count). The Hall–Kier alpha value is -1.68. The summed E-state index contributed by atoms with van der Waals surface area (Å²) in [5, 5.41) is 10.7. The molecule has 0 fully saturated rings. The molecule has 0 radical (unpaired) electrons. The summed E-state index contributed by atoms with van der Waals surface area (Å²) in [7, 11) is 1.50. The zero-order chi connectivity index (χ0) is 14.8. The van der Waals surface area contributed by atoms with Gasteiger partial charge in [0.25, 0.3) is 9.05 Å². The molecule has 0 aliphatic heterocycles. The van der Waals surface area contributed by atoms with Crippen LogP contribution in [0.1, 0.15) is 0 Å². The van der Waals surface area contributed by atoms with Gasteiger partial charge in [0, 0.05) is 16.7 Å². The number of nitro benzene ring substituents is 1. The molecule has 1 aromatic carbocycles. The predicted molar refractivity (Wildman–Crippen MR) is 59.3 cm³/mol. The summed E-state index contributed by atoms with van der Waals surface area (Å²) in [6, 6.07) is 1.67. The van der Waals surface area contributed by atoms with Crippen molar-refractivity contribution in [2.45, 2.75) is 11.5 Å². The van der Waals surface area contributed by atoms with Gasteiger partial charge in [-0.25, -0.2) is 8.42 Å².